The molecule has 4 nitrogen and oxygen atoms in total. The standard InChI is InChI=1S/C13H19N3O/c1-2-5-10(4-1)17-11-8-15-13(16-9-11)12-6-3-7-14-12/h8-10,12,14H,1-7H2. The number of ether oxygens (including phenoxy) is 1. The lowest BCUT2D eigenvalue weighted by atomic mass is 10.2. The zero-order chi connectivity index (χ0) is 11.5. The molecule has 0 spiro atoms. The van der Waals surface area contributed by atoms with Gasteiger partial charge in [0.2, 0.25) is 0 Å². The Balaban J connectivity index is 1.62. The molecule has 1 aromatic heterocycles. The van der Waals surface area contributed by atoms with Crippen LogP contribution >= 0.6 is 0 Å². The summed E-state index contributed by atoms with van der Waals surface area (Å²) in [7, 11) is 0. The van der Waals surface area contributed by atoms with Gasteiger partial charge in [-0.3, -0.25) is 0 Å². The molecule has 2 heterocycles. The third-order valence-electron chi connectivity index (χ3n) is 3.63. The molecule has 1 atom stereocenters. The van der Waals surface area contributed by atoms with Gasteiger partial charge in [-0.25, -0.2) is 9.97 Å². The van der Waals surface area contributed by atoms with Crippen LogP contribution in [-0.4, -0.2) is 22.6 Å². The van der Waals surface area contributed by atoms with Crippen molar-refractivity contribution in [3.8, 4) is 5.75 Å². The van der Waals surface area contributed by atoms with Gasteiger partial charge in [0.05, 0.1) is 24.5 Å². The Morgan fingerprint density at radius 3 is 2.47 bits per heavy atom. The predicted octanol–water partition coefficient (Wildman–Crippen LogP) is 2.22. The molecule has 0 aromatic carbocycles. The molecule has 4 heteroatoms. The Hall–Kier alpha value is -1.16. The summed E-state index contributed by atoms with van der Waals surface area (Å²) in [6.45, 7) is 1.08. The molecule has 0 amide bonds. The van der Waals surface area contributed by atoms with E-state index in [2.05, 4.69) is 15.3 Å². The minimum atomic E-state index is 0.343. The van der Waals surface area contributed by atoms with Gasteiger partial charge in [-0.2, -0.15) is 0 Å². The summed E-state index contributed by atoms with van der Waals surface area (Å²) in [5.74, 6) is 1.72. The largest absolute Gasteiger partial charge is 0.487 e. The van der Waals surface area contributed by atoms with E-state index in [4.69, 9.17) is 4.74 Å². The number of nitrogens with zero attached hydrogens (tertiary/aromatic N) is 2. The van der Waals surface area contributed by atoms with Crippen molar-refractivity contribution >= 4 is 0 Å². The molecule has 2 fully saturated rings. The summed E-state index contributed by atoms with van der Waals surface area (Å²) >= 11 is 0. The van der Waals surface area contributed by atoms with Gasteiger partial charge in [-0.15, -0.1) is 0 Å². The van der Waals surface area contributed by atoms with Crippen molar-refractivity contribution in [2.75, 3.05) is 6.54 Å². The quantitative estimate of drug-likeness (QED) is 0.869. The molecular formula is C13H19N3O. The van der Waals surface area contributed by atoms with Gasteiger partial charge in [-0.1, -0.05) is 0 Å². The zero-order valence-corrected chi connectivity index (χ0v) is 10.1. The Kier molecular flexibility index (Phi) is 3.22. The van der Waals surface area contributed by atoms with Crippen molar-refractivity contribution in [2.24, 2.45) is 0 Å². The highest BCUT2D eigenvalue weighted by molar-refractivity contribution is 5.14. The van der Waals surface area contributed by atoms with Crippen LogP contribution < -0.4 is 10.1 Å². The molecule has 1 unspecified atom stereocenters. The summed E-state index contributed by atoms with van der Waals surface area (Å²) in [4.78, 5) is 8.81. The average Bonchev–Trinajstić information content (AvgIpc) is 3.01. The molecule has 1 N–H and O–H groups in total. The molecule has 1 saturated heterocycles. The molecule has 3 rings (SSSR count). The molecule has 1 aliphatic heterocycles. The Morgan fingerprint density at radius 1 is 1.06 bits per heavy atom. The Bertz CT molecular complexity index is 353. The lowest BCUT2D eigenvalue weighted by Gasteiger charge is -2.13. The van der Waals surface area contributed by atoms with E-state index in [0.717, 1.165) is 24.5 Å². The predicted molar refractivity (Wildman–Crippen MR) is 64.9 cm³/mol. The molecule has 1 aliphatic carbocycles. The maximum Gasteiger partial charge on any atom is 0.156 e. The van der Waals surface area contributed by atoms with E-state index in [-0.39, 0.29) is 0 Å². The molecule has 17 heavy (non-hydrogen) atoms. The summed E-state index contributed by atoms with van der Waals surface area (Å²) in [6.07, 6.45) is 11.3. The van der Waals surface area contributed by atoms with Gasteiger partial charge in [0.15, 0.2) is 5.75 Å². The van der Waals surface area contributed by atoms with Gasteiger partial charge < -0.3 is 10.1 Å². The van der Waals surface area contributed by atoms with Crippen LogP contribution in [-0.2, 0) is 0 Å². The van der Waals surface area contributed by atoms with Crippen LogP contribution in [0.5, 0.6) is 5.75 Å². The average molecular weight is 233 g/mol. The van der Waals surface area contributed by atoms with E-state index in [1.54, 1.807) is 0 Å². The van der Waals surface area contributed by atoms with Crippen LogP contribution in [0, 0.1) is 0 Å². The van der Waals surface area contributed by atoms with Gasteiger partial charge >= 0.3 is 0 Å². The Morgan fingerprint density at radius 2 is 1.82 bits per heavy atom. The van der Waals surface area contributed by atoms with Gasteiger partial charge in [0, 0.05) is 0 Å². The lowest BCUT2D eigenvalue weighted by molar-refractivity contribution is 0.208. The first-order valence-electron chi connectivity index (χ1n) is 6.64. The second-order valence-electron chi connectivity index (χ2n) is 4.95. The monoisotopic (exact) mass is 233 g/mol. The molecule has 1 saturated carbocycles. The van der Waals surface area contributed by atoms with Crippen LogP contribution in [0.2, 0.25) is 0 Å². The van der Waals surface area contributed by atoms with Gasteiger partial charge in [0.25, 0.3) is 0 Å². The maximum atomic E-state index is 5.85. The minimum absolute atomic E-state index is 0.343. The first kappa shape index (κ1) is 11.0. The summed E-state index contributed by atoms with van der Waals surface area (Å²) in [6, 6.07) is 0.343. The van der Waals surface area contributed by atoms with Crippen molar-refractivity contribution in [2.45, 2.75) is 50.7 Å². The number of hydrogen-bond donors (Lipinski definition) is 1. The molecule has 0 radical (unpaired) electrons. The van der Waals surface area contributed by atoms with Crippen LogP contribution in [0.3, 0.4) is 0 Å². The highest BCUT2D eigenvalue weighted by Crippen LogP contribution is 2.24. The lowest BCUT2D eigenvalue weighted by Crippen LogP contribution is -2.16. The van der Waals surface area contributed by atoms with E-state index < -0.39 is 0 Å². The van der Waals surface area contributed by atoms with Gasteiger partial charge in [-0.05, 0) is 45.1 Å². The summed E-state index contributed by atoms with van der Waals surface area (Å²) < 4.78 is 5.85. The SMILES string of the molecule is c1nc(C2CCCN2)ncc1OC1CCCC1. The smallest absolute Gasteiger partial charge is 0.156 e. The fraction of sp³-hybridized carbons (Fsp3) is 0.692. The van der Waals surface area contributed by atoms with Gasteiger partial charge in [0.1, 0.15) is 5.82 Å². The zero-order valence-electron chi connectivity index (χ0n) is 10.1. The van der Waals surface area contributed by atoms with E-state index in [1.165, 1.54) is 32.1 Å². The van der Waals surface area contributed by atoms with E-state index in [1.807, 2.05) is 12.4 Å². The van der Waals surface area contributed by atoms with Crippen molar-refractivity contribution < 1.29 is 4.74 Å². The third-order valence-corrected chi connectivity index (χ3v) is 3.63. The van der Waals surface area contributed by atoms with E-state index in [9.17, 15) is 0 Å². The van der Waals surface area contributed by atoms with Crippen LogP contribution in [0.25, 0.3) is 0 Å². The fourth-order valence-corrected chi connectivity index (χ4v) is 2.67. The van der Waals surface area contributed by atoms with E-state index in [0.29, 0.717) is 12.1 Å². The summed E-state index contributed by atoms with van der Waals surface area (Å²) in [5.41, 5.74) is 0. The molecule has 1 aromatic rings. The second-order valence-corrected chi connectivity index (χ2v) is 4.95. The highest BCUT2D eigenvalue weighted by atomic mass is 16.5. The summed E-state index contributed by atoms with van der Waals surface area (Å²) in [5, 5.41) is 3.40. The van der Waals surface area contributed by atoms with Crippen molar-refractivity contribution in [1.29, 1.82) is 0 Å². The first-order valence-corrected chi connectivity index (χ1v) is 6.64. The normalized spacial score (nSPS) is 25.3. The molecule has 0 bridgehead atoms. The van der Waals surface area contributed by atoms with Crippen molar-refractivity contribution in [3.05, 3.63) is 18.2 Å². The fourth-order valence-electron chi connectivity index (χ4n) is 2.67. The number of nitrogens with one attached hydrogen (secondary N) is 1. The second kappa shape index (κ2) is 5.00. The third kappa shape index (κ3) is 2.57. The molecule has 92 valence electrons. The molecular weight excluding hydrogens is 214 g/mol. The maximum absolute atomic E-state index is 5.85. The van der Waals surface area contributed by atoms with Crippen LogP contribution in [0.1, 0.15) is 50.4 Å². The van der Waals surface area contributed by atoms with Crippen molar-refractivity contribution in [3.63, 3.8) is 0 Å². The topological polar surface area (TPSA) is 47.0 Å². The number of hydrogen-bond acceptors (Lipinski definition) is 4. The number of aromatic nitrogens is 2. The van der Waals surface area contributed by atoms with Crippen LogP contribution in [0.4, 0.5) is 0 Å². The highest BCUT2D eigenvalue weighted by Gasteiger charge is 2.20. The number of rotatable bonds is 3. The Labute approximate surface area is 102 Å². The minimum Gasteiger partial charge on any atom is -0.487 e. The van der Waals surface area contributed by atoms with E-state index >= 15 is 0 Å². The van der Waals surface area contributed by atoms with Crippen LogP contribution in [0.15, 0.2) is 12.4 Å². The van der Waals surface area contributed by atoms with Crippen molar-refractivity contribution in [1.82, 2.24) is 15.3 Å². The molecule has 2 aliphatic rings. The first-order chi connectivity index (χ1) is 8.42.